The molecule has 40 heavy (non-hydrogen) atoms. The monoisotopic (exact) mass is 582 g/mol. The lowest BCUT2D eigenvalue weighted by molar-refractivity contribution is 0.00558. The Morgan fingerprint density at radius 2 is 1.73 bits per heavy atom. The second kappa shape index (κ2) is 10.8. The number of rotatable bonds is 6. The van der Waals surface area contributed by atoms with Gasteiger partial charge in [0, 0.05) is 25.4 Å². The average molecular weight is 583 g/mol. The van der Waals surface area contributed by atoms with Crippen molar-refractivity contribution in [2.45, 2.75) is 37.8 Å². The van der Waals surface area contributed by atoms with Crippen molar-refractivity contribution in [1.29, 1.82) is 0 Å². The fourth-order valence-corrected chi connectivity index (χ4v) is 6.48. The van der Waals surface area contributed by atoms with E-state index in [1.165, 1.54) is 0 Å². The highest BCUT2D eigenvalue weighted by Crippen LogP contribution is 2.37. The van der Waals surface area contributed by atoms with Crippen LogP contribution >= 0.6 is 11.6 Å². The first-order valence-electron chi connectivity index (χ1n) is 13.2. The van der Waals surface area contributed by atoms with Gasteiger partial charge in [-0.15, -0.1) is 0 Å². The Hall–Kier alpha value is -2.86. The standard InChI is InChI=1S/C29H31ClN4O5S/c1-4-34(2)40(3,36)33-20-11-9-18(10-12-20)17-5-7-19(8-6-17)27-21(30)13-22-23(32-27)14-26(31-22)39-25-16-38-28-24(35)15-37-29(25)28/h5-13,24-25,28-29,35H,4,14-16H2,1-3H3/t24-,25-,28-,29-,40?/m1/s1. The van der Waals surface area contributed by atoms with E-state index in [0.29, 0.717) is 47.6 Å². The maximum absolute atomic E-state index is 12.8. The molecule has 0 saturated carbocycles. The number of aliphatic hydroxyl groups is 1. The van der Waals surface area contributed by atoms with Crippen molar-refractivity contribution in [3.63, 3.8) is 0 Å². The summed E-state index contributed by atoms with van der Waals surface area (Å²) in [4.78, 5) is 9.41. The van der Waals surface area contributed by atoms with Crippen molar-refractivity contribution in [1.82, 2.24) is 9.29 Å². The summed E-state index contributed by atoms with van der Waals surface area (Å²) in [6.07, 6.45) is 0.505. The number of ether oxygens (including phenoxy) is 3. The fraction of sp³-hybridized carbons (Fsp3) is 0.379. The molecule has 4 heterocycles. The minimum atomic E-state index is -2.45. The molecule has 6 rings (SSSR count). The van der Waals surface area contributed by atoms with E-state index < -0.39 is 16.0 Å². The molecule has 2 saturated heterocycles. The lowest BCUT2D eigenvalue weighted by Crippen LogP contribution is -2.34. The van der Waals surface area contributed by atoms with Gasteiger partial charge in [0.15, 0.2) is 12.0 Å². The number of pyridine rings is 1. The molecule has 3 aliphatic rings. The SMILES string of the molecule is CCN(C)S(C)(=O)=Nc1ccc(-c2ccc(-c3nc4c(cc3Cl)N=C(O[C@@H]3CO[C@H]5[C@@H]3OC[C@H]5O)C4)cc2)cc1. The molecule has 0 bridgehead atoms. The van der Waals surface area contributed by atoms with Crippen LogP contribution in [0, 0.1) is 0 Å². The lowest BCUT2D eigenvalue weighted by Gasteiger charge is -2.17. The number of fused-ring (bicyclic) bond motifs is 2. The molecule has 5 atom stereocenters. The topological polar surface area (TPSA) is 106 Å². The summed E-state index contributed by atoms with van der Waals surface area (Å²) in [5.74, 6) is 0.542. The minimum Gasteiger partial charge on any atom is -0.472 e. The van der Waals surface area contributed by atoms with E-state index in [1.807, 2.05) is 68.6 Å². The molecule has 1 aromatic heterocycles. The predicted molar refractivity (Wildman–Crippen MR) is 156 cm³/mol. The maximum atomic E-state index is 12.8. The van der Waals surface area contributed by atoms with Gasteiger partial charge in [-0.25, -0.2) is 18.5 Å². The Labute approximate surface area is 239 Å². The van der Waals surface area contributed by atoms with Crippen LogP contribution in [0.3, 0.4) is 0 Å². The second-order valence-corrected chi connectivity index (χ2v) is 12.9. The van der Waals surface area contributed by atoms with Crippen molar-refractivity contribution in [3.8, 4) is 22.4 Å². The number of aromatic nitrogens is 1. The van der Waals surface area contributed by atoms with Crippen LogP contribution in [0.1, 0.15) is 12.6 Å². The van der Waals surface area contributed by atoms with Crippen LogP contribution in [-0.2, 0) is 30.5 Å². The van der Waals surface area contributed by atoms with Gasteiger partial charge in [-0.1, -0.05) is 54.9 Å². The lowest BCUT2D eigenvalue weighted by atomic mass is 10.0. The molecular weight excluding hydrogens is 552 g/mol. The molecule has 11 heteroatoms. The maximum Gasteiger partial charge on any atom is 0.195 e. The average Bonchev–Trinajstić information content (AvgIpc) is 3.64. The third-order valence-corrected chi connectivity index (χ3v) is 9.78. The Morgan fingerprint density at radius 1 is 1.07 bits per heavy atom. The Bertz CT molecular complexity index is 1570. The van der Waals surface area contributed by atoms with Gasteiger partial charge in [0.1, 0.15) is 28.2 Å². The van der Waals surface area contributed by atoms with E-state index in [-0.39, 0.29) is 24.9 Å². The molecule has 0 aliphatic carbocycles. The highest BCUT2D eigenvalue weighted by atomic mass is 35.5. The number of benzene rings is 2. The molecule has 0 radical (unpaired) electrons. The Morgan fingerprint density at radius 3 is 2.42 bits per heavy atom. The summed E-state index contributed by atoms with van der Waals surface area (Å²) in [7, 11) is -0.641. The van der Waals surface area contributed by atoms with Gasteiger partial charge in [0.2, 0.25) is 0 Å². The smallest absolute Gasteiger partial charge is 0.195 e. The summed E-state index contributed by atoms with van der Waals surface area (Å²) in [6.45, 7) is 3.21. The third kappa shape index (κ3) is 5.27. The molecule has 3 aliphatic heterocycles. The molecule has 0 amide bonds. The highest BCUT2D eigenvalue weighted by Gasteiger charge is 2.49. The normalized spacial score (nSPS) is 24.9. The molecule has 3 aromatic rings. The minimum absolute atomic E-state index is 0.251. The number of aliphatic hydroxyl groups excluding tert-OH is 1. The Balaban J connectivity index is 1.15. The van der Waals surface area contributed by atoms with Crippen LogP contribution in [0.2, 0.25) is 5.02 Å². The molecule has 2 fully saturated rings. The highest BCUT2D eigenvalue weighted by molar-refractivity contribution is 7.90. The molecule has 210 valence electrons. The zero-order valence-electron chi connectivity index (χ0n) is 22.5. The molecule has 2 aromatic carbocycles. The van der Waals surface area contributed by atoms with Gasteiger partial charge in [0.05, 0.1) is 47.4 Å². The van der Waals surface area contributed by atoms with Gasteiger partial charge in [-0.05, 0) is 29.3 Å². The van der Waals surface area contributed by atoms with Crippen molar-refractivity contribution < 1.29 is 23.5 Å². The van der Waals surface area contributed by atoms with E-state index >= 15 is 0 Å². The zero-order chi connectivity index (χ0) is 28.0. The van der Waals surface area contributed by atoms with Gasteiger partial charge in [0.25, 0.3) is 0 Å². The Kier molecular flexibility index (Phi) is 7.41. The molecule has 9 nitrogen and oxygen atoms in total. The summed E-state index contributed by atoms with van der Waals surface area (Å²) in [5.41, 5.74) is 5.80. The van der Waals surface area contributed by atoms with Crippen molar-refractivity contribution >= 4 is 38.8 Å². The number of hydrogen-bond donors (Lipinski definition) is 1. The van der Waals surface area contributed by atoms with E-state index in [1.54, 1.807) is 10.6 Å². The van der Waals surface area contributed by atoms with E-state index in [4.69, 9.17) is 30.8 Å². The number of nitrogens with zero attached hydrogens (tertiary/aromatic N) is 4. The van der Waals surface area contributed by atoms with Crippen LogP contribution in [0.5, 0.6) is 0 Å². The van der Waals surface area contributed by atoms with E-state index in [9.17, 15) is 9.32 Å². The number of aliphatic imine (C=N–C) groups is 1. The molecule has 1 N–H and O–H groups in total. The van der Waals surface area contributed by atoms with Crippen LogP contribution in [0.4, 0.5) is 11.4 Å². The predicted octanol–water partition coefficient (Wildman–Crippen LogP) is 4.79. The van der Waals surface area contributed by atoms with Crippen LogP contribution in [-0.4, -0.2) is 82.0 Å². The number of halogens is 1. The van der Waals surface area contributed by atoms with Crippen molar-refractivity contribution in [3.05, 3.63) is 65.3 Å². The second-order valence-electron chi connectivity index (χ2n) is 10.2. The third-order valence-electron chi connectivity index (χ3n) is 7.52. The largest absolute Gasteiger partial charge is 0.472 e. The van der Waals surface area contributed by atoms with Crippen molar-refractivity contribution in [2.75, 3.05) is 33.1 Å². The first-order chi connectivity index (χ1) is 19.2. The van der Waals surface area contributed by atoms with Crippen LogP contribution in [0.15, 0.2) is 64.0 Å². The van der Waals surface area contributed by atoms with Gasteiger partial charge < -0.3 is 19.3 Å². The molecule has 0 spiro atoms. The van der Waals surface area contributed by atoms with Gasteiger partial charge >= 0.3 is 0 Å². The zero-order valence-corrected chi connectivity index (χ0v) is 24.1. The van der Waals surface area contributed by atoms with Crippen LogP contribution < -0.4 is 0 Å². The summed E-state index contributed by atoms with van der Waals surface area (Å²) in [5, 5.41) is 10.5. The van der Waals surface area contributed by atoms with E-state index in [2.05, 4.69) is 9.36 Å². The summed E-state index contributed by atoms with van der Waals surface area (Å²) >= 11 is 6.63. The van der Waals surface area contributed by atoms with E-state index in [0.717, 1.165) is 22.4 Å². The van der Waals surface area contributed by atoms with Gasteiger partial charge in [-0.3, -0.25) is 0 Å². The summed E-state index contributed by atoms with van der Waals surface area (Å²) in [6, 6.07) is 17.6. The quantitative estimate of drug-likeness (QED) is 0.448. The molecular formula is C29H31ClN4O5S. The first kappa shape index (κ1) is 27.3. The molecule has 1 unspecified atom stereocenters. The van der Waals surface area contributed by atoms with Crippen LogP contribution in [0.25, 0.3) is 22.4 Å². The fourth-order valence-electron chi connectivity index (χ4n) is 5.09. The number of hydrogen-bond acceptors (Lipinski definition) is 8. The summed E-state index contributed by atoms with van der Waals surface area (Å²) < 4.78 is 36.4. The van der Waals surface area contributed by atoms with Crippen molar-refractivity contribution in [2.24, 2.45) is 9.36 Å². The first-order valence-corrected chi connectivity index (χ1v) is 15.5. The van der Waals surface area contributed by atoms with Gasteiger partial charge in [-0.2, -0.15) is 4.36 Å².